The van der Waals surface area contributed by atoms with Crippen LogP contribution in [0, 0.1) is 0 Å². The Morgan fingerprint density at radius 1 is 1.58 bits per heavy atom. The van der Waals surface area contributed by atoms with Crippen LogP contribution in [0.3, 0.4) is 0 Å². The quantitative estimate of drug-likeness (QED) is 0.540. The van der Waals surface area contributed by atoms with Gasteiger partial charge in [0.15, 0.2) is 0 Å². The van der Waals surface area contributed by atoms with Gasteiger partial charge in [-0.25, -0.2) is 0 Å². The van der Waals surface area contributed by atoms with Gasteiger partial charge in [0, 0.05) is 11.8 Å². The maximum atomic E-state index is 11.3. The Kier molecular flexibility index (Phi) is 4.50. The summed E-state index contributed by atoms with van der Waals surface area (Å²) in [5.41, 5.74) is -0.290. The topological polar surface area (TPSA) is 63.6 Å². The van der Waals surface area contributed by atoms with Gasteiger partial charge in [0.1, 0.15) is 0 Å². The predicted octanol–water partition coefficient (Wildman–Crippen LogP) is 1.23. The van der Waals surface area contributed by atoms with Gasteiger partial charge in [-0.3, -0.25) is 9.36 Å². The Labute approximate surface area is 72.4 Å². The van der Waals surface area contributed by atoms with Crippen molar-refractivity contribution in [1.29, 1.82) is 0 Å². The summed E-state index contributed by atoms with van der Waals surface area (Å²) >= 11 is 0. The number of methoxy groups -OCH3 is 1. The van der Waals surface area contributed by atoms with Gasteiger partial charge in [-0.1, -0.05) is 13.8 Å². The fraction of sp³-hybridized carbons (Fsp3) is 0.857. The van der Waals surface area contributed by atoms with E-state index in [4.69, 9.17) is 0 Å². The molecule has 0 fully saturated rings. The van der Waals surface area contributed by atoms with Gasteiger partial charge in [0.05, 0.1) is 13.5 Å². The lowest BCUT2D eigenvalue weighted by Crippen LogP contribution is -2.07. The van der Waals surface area contributed by atoms with E-state index in [1.807, 2.05) is 0 Å². The predicted molar refractivity (Wildman–Crippen MR) is 46.5 cm³/mol. The molecule has 0 aliphatic carbocycles. The lowest BCUT2D eigenvalue weighted by molar-refractivity contribution is -0.140. The van der Waals surface area contributed by atoms with Crippen LogP contribution in [0.15, 0.2) is 0 Å². The molecule has 0 amide bonds. The van der Waals surface area contributed by atoms with E-state index in [2.05, 4.69) is 4.74 Å². The summed E-state index contributed by atoms with van der Waals surface area (Å²) in [6, 6.07) is 0. The van der Waals surface area contributed by atoms with Crippen LogP contribution in [0.1, 0.15) is 20.3 Å². The van der Waals surface area contributed by atoms with Crippen LogP contribution < -0.4 is 0 Å². The van der Waals surface area contributed by atoms with E-state index in [1.165, 1.54) is 7.11 Å². The number of carbonyl (C=O) groups excluding carboxylic acids is 1. The first-order valence-electron chi connectivity index (χ1n) is 3.78. The van der Waals surface area contributed by atoms with Gasteiger partial charge >= 0.3 is 5.97 Å². The fourth-order valence-corrected chi connectivity index (χ4v) is 1.63. The summed E-state index contributed by atoms with van der Waals surface area (Å²) in [7, 11) is -1.87. The van der Waals surface area contributed by atoms with Gasteiger partial charge in [-0.15, -0.1) is 0 Å². The number of hydrogen-bond donors (Lipinski definition) is 1. The first-order chi connectivity index (χ1) is 5.40. The molecule has 0 bridgehead atoms. The van der Waals surface area contributed by atoms with Crippen LogP contribution in [0.2, 0.25) is 0 Å². The summed E-state index contributed by atoms with van der Waals surface area (Å²) in [6.45, 7) is 3.33. The van der Waals surface area contributed by atoms with Crippen LogP contribution in [-0.2, 0) is 14.1 Å². The van der Waals surface area contributed by atoms with Gasteiger partial charge in [-0.2, -0.15) is 0 Å². The van der Waals surface area contributed by atoms with Crippen molar-refractivity contribution in [3.63, 3.8) is 0 Å². The third-order valence-electron chi connectivity index (χ3n) is 1.67. The molecule has 5 heteroatoms. The van der Waals surface area contributed by atoms with Crippen LogP contribution in [0.4, 0.5) is 0 Å². The highest BCUT2D eigenvalue weighted by Crippen LogP contribution is 2.46. The molecule has 0 heterocycles. The summed E-state index contributed by atoms with van der Waals surface area (Å²) < 4.78 is 15.6. The fourth-order valence-electron chi connectivity index (χ4n) is 0.612. The first-order valence-corrected chi connectivity index (χ1v) is 5.70. The van der Waals surface area contributed by atoms with Crippen molar-refractivity contribution in [2.24, 2.45) is 0 Å². The number of esters is 1. The minimum atomic E-state index is -3.13. The van der Waals surface area contributed by atoms with E-state index in [0.29, 0.717) is 0 Å². The van der Waals surface area contributed by atoms with E-state index in [9.17, 15) is 14.3 Å². The smallest absolute Gasteiger partial charge is 0.306 e. The van der Waals surface area contributed by atoms with Crippen molar-refractivity contribution in [1.82, 2.24) is 0 Å². The Morgan fingerprint density at radius 3 is 2.42 bits per heavy atom. The molecule has 12 heavy (non-hydrogen) atoms. The number of rotatable bonds is 4. The molecule has 0 aromatic carbocycles. The number of carbonyl (C=O) groups is 1. The largest absolute Gasteiger partial charge is 0.469 e. The highest BCUT2D eigenvalue weighted by atomic mass is 31.2. The van der Waals surface area contributed by atoms with Crippen LogP contribution in [0.25, 0.3) is 0 Å². The molecule has 0 aliphatic rings. The van der Waals surface area contributed by atoms with Gasteiger partial charge in [-0.05, 0) is 0 Å². The molecule has 1 atom stereocenters. The Bertz CT molecular complexity index is 200. The van der Waals surface area contributed by atoms with Crippen molar-refractivity contribution in [2.75, 3.05) is 13.3 Å². The zero-order valence-corrected chi connectivity index (χ0v) is 8.51. The standard InChI is InChI=1S/C7H15O4P/c1-6(2)12(9,10)5-4-7(8)11-3/h6H,4-5H2,1-3H3,(H,9,10). The summed E-state index contributed by atoms with van der Waals surface area (Å²) in [4.78, 5) is 19.9. The van der Waals surface area contributed by atoms with Crippen LogP contribution in [0.5, 0.6) is 0 Å². The molecule has 0 aliphatic heterocycles. The molecular weight excluding hydrogens is 179 g/mol. The van der Waals surface area contributed by atoms with E-state index < -0.39 is 13.3 Å². The Morgan fingerprint density at radius 2 is 2.08 bits per heavy atom. The molecular formula is C7H15O4P. The SMILES string of the molecule is COC(=O)CCP(=O)(O)C(C)C. The zero-order chi connectivity index (χ0) is 9.78. The minimum absolute atomic E-state index is 0.0112. The molecule has 72 valence electrons. The molecule has 1 N–H and O–H groups in total. The molecule has 0 spiro atoms. The second kappa shape index (κ2) is 4.63. The van der Waals surface area contributed by atoms with E-state index in [0.717, 1.165) is 0 Å². The number of ether oxygens (including phenoxy) is 1. The normalized spacial score (nSPS) is 15.8. The summed E-state index contributed by atoms with van der Waals surface area (Å²) in [6.07, 6.45) is 0.0276. The van der Waals surface area contributed by atoms with Gasteiger partial charge in [0.25, 0.3) is 0 Å². The molecule has 1 unspecified atom stereocenters. The zero-order valence-electron chi connectivity index (χ0n) is 7.61. The molecule has 0 saturated carbocycles. The van der Waals surface area contributed by atoms with Gasteiger partial charge < -0.3 is 9.63 Å². The highest BCUT2D eigenvalue weighted by molar-refractivity contribution is 7.58. The molecule has 0 aromatic rings. The maximum absolute atomic E-state index is 11.3. The van der Waals surface area contributed by atoms with Gasteiger partial charge in [0.2, 0.25) is 7.37 Å². The third kappa shape index (κ3) is 3.88. The van der Waals surface area contributed by atoms with Crippen molar-refractivity contribution in [2.45, 2.75) is 25.9 Å². The van der Waals surface area contributed by atoms with Crippen molar-refractivity contribution >= 4 is 13.3 Å². The Hall–Kier alpha value is -0.340. The molecule has 0 saturated heterocycles. The third-order valence-corrected chi connectivity index (χ3v) is 4.15. The van der Waals surface area contributed by atoms with Crippen molar-refractivity contribution < 1.29 is 19.0 Å². The average molecular weight is 194 g/mol. The molecule has 0 radical (unpaired) electrons. The molecule has 0 aromatic heterocycles. The second-order valence-corrected chi connectivity index (χ2v) is 5.89. The lowest BCUT2D eigenvalue weighted by atomic mass is 10.5. The highest BCUT2D eigenvalue weighted by Gasteiger charge is 2.23. The number of hydrogen-bond acceptors (Lipinski definition) is 3. The Balaban J connectivity index is 3.93. The molecule has 0 rings (SSSR count). The van der Waals surface area contributed by atoms with Crippen LogP contribution >= 0.6 is 7.37 Å². The summed E-state index contributed by atoms with van der Waals surface area (Å²) in [5.74, 6) is -0.440. The van der Waals surface area contributed by atoms with E-state index >= 15 is 0 Å². The first kappa shape index (κ1) is 11.7. The molecule has 4 nitrogen and oxygen atoms in total. The minimum Gasteiger partial charge on any atom is -0.469 e. The maximum Gasteiger partial charge on any atom is 0.306 e. The summed E-state index contributed by atoms with van der Waals surface area (Å²) in [5, 5.41) is 0. The average Bonchev–Trinajstić information content (AvgIpc) is 2.00. The van der Waals surface area contributed by atoms with Crippen molar-refractivity contribution in [3.8, 4) is 0 Å². The second-order valence-electron chi connectivity index (χ2n) is 2.90. The monoisotopic (exact) mass is 194 g/mol. The van der Waals surface area contributed by atoms with E-state index in [1.54, 1.807) is 13.8 Å². The lowest BCUT2D eigenvalue weighted by Gasteiger charge is -2.13. The van der Waals surface area contributed by atoms with Crippen molar-refractivity contribution in [3.05, 3.63) is 0 Å². The van der Waals surface area contributed by atoms with Crippen LogP contribution in [-0.4, -0.2) is 29.8 Å². The van der Waals surface area contributed by atoms with E-state index in [-0.39, 0.29) is 18.2 Å².